The first-order chi connectivity index (χ1) is 18.9. The number of esters is 1. The third-order valence-electron chi connectivity index (χ3n) is 6.05. The molecule has 0 atom stereocenters. The van der Waals surface area contributed by atoms with Crippen LogP contribution in [0.15, 0.2) is 78.2 Å². The number of nitrogens with zero attached hydrogens (tertiary/aromatic N) is 2. The van der Waals surface area contributed by atoms with E-state index in [1.54, 1.807) is 38.5 Å². The molecule has 2 aromatic heterocycles. The second-order valence-corrected chi connectivity index (χ2v) is 9.53. The van der Waals surface area contributed by atoms with Crippen molar-refractivity contribution in [3.8, 4) is 34.0 Å². The fourth-order valence-electron chi connectivity index (χ4n) is 4.04. The van der Waals surface area contributed by atoms with Crippen molar-refractivity contribution in [1.29, 1.82) is 0 Å². The molecule has 39 heavy (non-hydrogen) atoms. The van der Waals surface area contributed by atoms with Crippen LogP contribution in [-0.4, -0.2) is 42.7 Å². The number of aryl methyl sites for hydroxylation is 1. The first-order valence-electron chi connectivity index (χ1n) is 12.1. The van der Waals surface area contributed by atoms with Crippen LogP contribution in [0.2, 0.25) is 0 Å². The average Bonchev–Trinajstić information content (AvgIpc) is 3.43. The second-order valence-electron chi connectivity index (χ2n) is 8.67. The van der Waals surface area contributed by atoms with E-state index in [1.807, 2.05) is 60.8 Å². The largest absolute Gasteiger partial charge is 0.493 e. The van der Waals surface area contributed by atoms with Gasteiger partial charge in [0.25, 0.3) is 5.91 Å². The Balaban J connectivity index is 1.32. The van der Waals surface area contributed by atoms with E-state index >= 15 is 0 Å². The number of carbonyl (C=O) groups is 2. The molecule has 0 spiro atoms. The minimum absolute atomic E-state index is 0.300. The Bertz CT molecular complexity index is 1660. The molecule has 9 heteroatoms. The van der Waals surface area contributed by atoms with Crippen LogP contribution >= 0.6 is 11.3 Å². The van der Waals surface area contributed by atoms with Crippen molar-refractivity contribution in [3.63, 3.8) is 0 Å². The van der Waals surface area contributed by atoms with Crippen molar-refractivity contribution < 1.29 is 23.8 Å². The standard InChI is InChI=1S/C30H25N3O5S/c1-18-8-10-19(11-9-18)25-17-39-30(32-25)33-28(34)16-38-29(35)22-15-24(31-23-7-5-4-6-21(22)23)20-12-13-26(36-2)27(14-20)37-3/h4-15,17H,16H2,1-3H3,(H,32,33,34). The van der Waals surface area contributed by atoms with Crippen LogP contribution in [0.5, 0.6) is 11.5 Å². The maximum absolute atomic E-state index is 13.2. The lowest BCUT2D eigenvalue weighted by atomic mass is 10.0. The zero-order valence-electron chi connectivity index (χ0n) is 21.6. The highest BCUT2D eigenvalue weighted by Crippen LogP contribution is 2.33. The molecule has 196 valence electrons. The minimum atomic E-state index is -0.634. The van der Waals surface area contributed by atoms with E-state index in [0.29, 0.717) is 38.8 Å². The van der Waals surface area contributed by atoms with Gasteiger partial charge in [-0.15, -0.1) is 11.3 Å². The number of ether oxygens (including phenoxy) is 3. The van der Waals surface area contributed by atoms with Gasteiger partial charge in [0.1, 0.15) is 0 Å². The summed E-state index contributed by atoms with van der Waals surface area (Å²) in [5.41, 5.74) is 5.08. The topological polar surface area (TPSA) is 99.6 Å². The van der Waals surface area contributed by atoms with Crippen molar-refractivity contribution in [2.75, 3.05) is 26.1 Å². The number of methoxy groups -OCH3 is 2. The lowest BCUT2D eigenvalue weighted by molar-refractivity contribution is -0.119. The van der Waals surface area contributed by atoms with Gasteiger partial charge in [0.05, 0.1) is 36.7 Å². The van der Waals surface area contributed by atoms with E-state index in [4.69, 9.17) is 19.2 Å². The highest BCUT2D eigenvalue weighted by molar-refractivity contribution is 7.14. The molecule has 0 aliphatic carbocycles. The number of amides is 1. The van der Waals surface area contributed by atoms with Crippen molar-refractivity contribution in [1.82, 2.24) is 9.97 Å². The summed E-state index contributed by atoms with van der Waals surface area (Å²) in [4.78, 5) is 34.9. The number of carbonyl (C=O) groups excluding carboxylic acids is 2. The lowest BCUT2D eigenvalue weighted by Gasteiger charge is -2.12. The van der Waals surface area contributed by atoms with E-state index in [-0.39, 0.29) is 0 Å². The lowest BCUT2D eigenvalue weighted by Crippen LogP contribution is -2.21. The Morgan fingerprint density at radius 1 is 0.846 bits per heavy atom. The van der Waals surface area contributed by atoms with E-state index in [2.05, 4.69) is 10.3 Å². The first-order valence-corrected chi connectivity index (χ1v) is 12.9. The number of nitrogens with one attached hydrogen (secondary N) is 1. The molecule has 0 aliphatic heterocycles. The summed E-state index contributed by atoms with van der Waals surface area (Å²) in [7, 11) is 3.12. The second kappa shape index (κ2) is 11.3. The van der Waals surface area contributed by atoms with Gasteiger partial charge >= 0.3 is 5.97 Å². The van der Waals surface area contributed by atoms with Gasteiger partial charge in [0.2, 0.25) is 0 Å². The maximum atomic E-state index is 13.2. The van der Waals surface area contributed by atoms with Crippen LogP contribution in [0.3, 0.4) is 0 Å². The molecule has 0 unspecified atom stereocenters. The molecule has 0 radical (unpaired) electrons. The molecule has 0 saturated heterocycles. The quantitative estimate of drug-likeness (QED) is 0.236. The number of para-hydroxylation sites is 1. The van der Waals surface area contributed by atoms with Gasteiger partial charge in [-0.3, -0.25) is 10.1 Å². The molecule has 5 aromatic rings. The van der Waals surface area contributed by atoms with Gasteiger partial charge < -0.3 is 14.2 Å². The van der Waals surface area contributed by atoms with Crippen LogP contribution in [0.4, 0.5) is 5.13 Å². The molecular weight excluding hydrogens is 514 g/mol. The predicted octanol–water partition coefficient (Wildman–Crippen LogP) is 6.15. The van der Waals surface area contributed by atoms with Gasteiger partial charge in [-0.25, -0.2) is 14.8 Å². The third kappa shape index (κ3) is 5.73. The maximum Gasteiger partial charge on any atom is 0.339 e. The zero-order valence-corrected chi connectivity index (χ0v) is 22.4. The van der Waals surface area contributed by atoms with Gasteiger partial charge in [-0.2, -0.15) is 0 Å². The fraction of sp³-hybridized carbons (Fsp3) is 0.133. The number of anilines is 1. The molecule has 1 amide bonds. The highest BCUT2D eigenvalue weighted by atomic mass is 32.1. The van der Waals surface area contributed by atoms with Gasteiger partial charge in [-0.05, 0) is 37.3 Å². The summed E-state index contributed by atoms with van der Waals surface area (Å²) in [6.07, 6.45) is 0. The minimum Gasteiger partial charge on any atom is -0.493 e. The molecule has 0 saturated carbocycles. The fourth-order valence-corrected chi connectivity index (χ4v) is 4.78. The van der Waals surface area contributed by atoms with Crippen LogP contribution in [0.1, 0.15) is 15.9 Å². The molecule has 2 heterocycles. The monoisotopic (exact) mass is 539 g/mol. The van der Waals surface area contributed by atoms with Crippen LogP contribution in [-0.2, 0) is 9.53 Å². The Kier molecular flexibility index (Phi) is 7.51. The summed E-state index contributed by atoms with van der Waals surface area (Å²) in [6.45, 7) is 1.56. The Morgan fingerprint density at radius 3 is 2.36 bits per heavy atom. The van der Waals surface area contributed by atoms with Crippen LogP contribution in [0.25, 0.3) is 33.4 Å². The molecule has 1 N–H and O–H groups in total. The number of aromatic nitrogens is 2. The summed E-state index contributed by atoms with van der Waals surface area (Å²) >= 11 is 1.30. The average molecular weight is 540 g/mol. The number of thiazole rings is 1. The van der Waals surface area contributed by atoms with Gasteiger partial charge in [0.15, 0.2) is 23.2 Å². The third-order valence-corrected chi connectivity index (χ3v) is 6.81. The smallest absolute Gasteiger partial charge is 0.339 e. The van der Waals surface area contributed by atoms with Crippen molar-refractivity contribution >= 4 is 39.2 Å². The molecular formula is C30H25N3O5S. The SMILES string of the molecule is COc1ccc(-c2cc(C(=O)OCC(=O)Nc3nc(-c4ccc(C)cc4)cs3)c3ccccc3n2)cc1OC. The van der Waals surface area contributed by atoms with Crippen LogP contribution in [0, 0.1) is 6.92 Å². The zero-order chi connectivity index (χ0) is 27.4. The predicted molar refractivity (Wildman–Crippen MR) is 151 cm³/mol. The first kappa shape index (κ1) is 25.9. The number of fused-ring (bicyclic) bond motifs is 1. The molecule has 0 aliphatic rings. The summed E-state index contributed by atoms with van der Waals surface area (Å²) in [6, 6.07) is 22.3. The molecule has 8 nitrogen and oxygen atoms in total. The summed E-state index contributed by atoms with van der Waals surface area (Å²) < 4.78 is 16.1. The van der Waals surface area contributed by atoms with E-state index in [0.717, 1.165) is 22.4 Å². The van der Waals surface area contributed by atoms with Crippen molar-refractivity contribution in [2.24, 2.45) is 0 Å². The van der Waals surface area contributed by atoms with Crippen LogP contribution < -0.4 is 14.8 Å². The van der Waals surface area contributed by atoms with E-state index in [1.165, 1.54) is 11.3 Å². The normalized spacial score (nSPS) is 10.7. The van der Waals surface area contributed by atoms with E-state index < -0.39 is 18.5 Å². The number of pyridine rings is 1. The number of hydrogen-bond acceptors (Lipinski definition) is 8. The number of hydrogen-bond donors (Lipinski definition) is 1. The van der Waals surface area contributed by atoms with Crippen molar-refractivity contribution in [3.05, 3.63) is 89.3 Å². The molecule has 3 aromatic carbocycles. The Morgan fingerprint density at radius 2 is 1.59 bits per heavy atom. The molecule has 0 bridgehead atoms. The molecule has 0 fully saturated rings. The van der Waals surface area contributed by atoms with Gasteiger partial charge in [0, 0.05) is 21.9 Å². The van der Waals surface area contributed by atoms with Gasteiger partial charge in [-0.1, -0.05) is 48.0 Å². The number of rotatable bonds is 8. The van der Waals surface area contributed by atoms with Crippen molar-refractivity contribution in [2.45, 2.75) is 6.92 Å². The Hall–Kier alpha value is -4.76. The number of benzene rings is 3. The summed E-state index contributed by atoms with van der Waals surface area (Å²) in [5.74, 6) is 0.00831. The Labute approximate surface area is 229 Å². The highest BCUT2D eigenvalue weighted by Gasteiger charge is 2.18. The summed E-state index contributed by atoms with van der Waals surface area (Å²) in [5, 5.41) is 5.62. The van der Waals surface area contributed by atoms with E-state index in [9.17, 15) is 9.59 Å². The molecule has 5 rings (SSSR count).